The fourth-order valence-corrected chi connectivity index (χ4v) is 3.42. The first-order chi connectivity index (χ1) is 15.5. The van der Waals surface area contributed by atoms with E-state index in [1.54, 1.807) is 37.6 Å². The average Bonchev–Trinajstić information content (AvgIpc) is 2.83. The van der Waals surface area contributed by atoms with Crippen molar-refractivity contribution in [3.8, 4) is 17.0 Å². The number of halogens is 1. The van der Waals surface area contributed by atoms with Crippen molar-refractivity contribution in [3.63, 3.8) is 0 Å². The van der Waals surface area contributed by atoms with Gasteiger partial charge in [-0.2, -0.15) is 0 Å². The molecule has 2 N–H and O–H groups in total. The molecule has 0 aliphatic heterocycles. The highest BCUT2D eigenvalue weighted by atomic mass is 35.5. The Hall–Kier alpha value is -3.00. The molecule has 0 fully saturated rings. The number of carbonyl (C=O) groups is 1. The predicted octanol–water partition coefficient (Wildman–Crippen LogP) is 4.20. The first kappa shape index (κ1) is 23.7. The van der Waals surface area contributed by atoms with Crippen molar-refractivity contribution in [1.82, 2.24) is 15.3 Å². The molecule has 3 aromatic rings. The fraction of sp³-hybridized carbons (Fsp3) is 0.292. The molecule has 2 heterocycles. The van der Waals surface area contributed by atoms with Crippen LogP contribution in [-0.4, -0.2) is 41.2 Å². The van der Waals surface area contributed by atoms with Gasteiger partial charge in [-0.1, -0.05) is 23.7 Å². The molecule has 8 heteroatoms. The molecule has 1 amide bonds. The van der Waals surface area contributed by atoms with Crippen LogP contribution in [0, 0.1) is 0 Å². The quantitative estimate of drug-likeness (QED) is 0.476. The number of hydrogen-bond acceptors (Lipinski definition) is 6. The van der Waals surface area contributed by atoms with Gasteiger partial charge in [0.15, 0.2) is 0 Å². The standard InChI is InChI=1S/C24H26ClN3O4/c1-3-31-22(10-11-29)18-6-9-23(28-14-18)32-15-16-4-7-20(25)19(12-16)17-5-8-21(27-13-17)24(30)26-2/h4-9,12-14,22,29H,3,10-11,15H2,1-2H3,(H,26,30)/t22-/m0/s1. The van der Waals surface area contributed by atoms with Crippen molar-refractivity contribution in [1.29, 1.82) is 0 Å². The van der Waals surface area contributed by atoms with Gasteiger partial charge < -0.3 is 19.9 Å². The summed E-state index contributed by atoms with van der Waals surface area (Å²) < 4.78 is 11.5. The van der Waals surface area contributed by atoms with Crippen molar-refractivity contribution >= 4 is 17.5 Å². The molecule has 168 valence electrons. The molecule has 2 aromatic heterocycles. The molecule has 0 bridgehead atoms. The SMILES string of the molecule is CCO[C@@H](CCO)c1ccc(OCc2ccc(Cl)c(-c3ccc(C(=O)NC)nc3)c2)nc1. The van der Waals surface area contributed by atoms with E-state index in [4.69, 9.17) is 21.1 Å². The number of carbonyl (C=O) groups excluding carboxylic acids is 1. The molecule has 0 spiro atoms. The summed E-state index contributed by atoms with van der Waals surface area (Å²) in [4.78, 5) is 20.2. The van der Waals surface area contributed by atoms with E-state index < -0.39 is 0 Å². The van der Waals surface area contributed by atoms with E-state index in [2.05, 4.69) is 15.3 Å². The van der Waals surface area contributed by atoms with E-state index in [1.165, 1.54) is 0 Å². The molecule has 1 aromatic carbocycles. The normalized spacial score (nSPS) is 11.8. The third-order valence-electron chi connectivity index (χ3n) is 4.84. The summed E-state index contributed by atoms with van der Waals surface area (Å²) in [5, 5.41) is 12.3. The third-order valence-corrected chi connectivity index (χ3v) is 5.17. The Balaban J connectivity index is 1.69. The lowest BCUT2D eigenvalue weighted by Crippen LogP contribution is -2.18. The summed E-state index contributed by atoms with van der Waals surface area (Å²) in [5.74, 6) is 0.244. The topological polar surface area (TPSA) is 93.6 Å². The van der Waals surface area contributed by atoms with Gasteiger partial charge in [0.05, 0.1) is 6.10 Å². The van der Waals surface area contributed by atoms with Crippen molar-refractivity contribution in [2.75, 3.05) is 20.3 Å². The lowest BCUT2D eigenvalue weighted by atomic mass is 10.0. The molecule has 3 rings (SSSR count). The first-order valence-electron chi connectivity index (χ1n) is 10.3. The molecule has 0 saturated carbocycles. The summed E-state index contributed by atoms with van der Waals surface area (Å²) in [6.07, 6.45) is 3.66. The number of aliphatic hydroxyl groups is 1. The van der Waals surface area contributed by atoms with Crippen LogP contribution in [0.2, 0.25) is 5.02 Å². The summed E-state index contributed by atoms with van der Waals surface area (Å²) in [6, 6.07) is 12.8. The second-order valence-electron chi connectivity index (χ2n) is 7.00. The Morgan fingerprint density at radius 2 is 2.00 bits per heavy atom. The summed E-state index contributed by atoms with van der Waals surface area (Å²) in [5.41, 5.74) is 3.76. The highest BCUT2D eigenvalue weighted by molar-refractivity contribution is 6.33. The Morgan fingerprint density at radius 1 is 1.16 bits per heavy atom. The Morgan fingerprint density at radius 3 is 2.62 bits per heavy atom. The third kappa shape index (κ3) is 6.03. The molecule has 0 radical (unpaired) electrons. The zero-order chi connectivity index (χ0) is 22.9. The Labute approximate surface area is 192 Å². The minimum absolute atomic E-state index is 0.0475. The van der Waals surface area contributed by atoms with E-state index in [0.29, 0.717) is 36.2 Å². The van der Waals surface area contributed by atoms with E-state index in [1.807, 2.05) is 31.2 Å². The molecule has 0 aliphatic rings. The average molecular weight is 456 g/mol. The Bertz CT molecular complexity index is 1020. The van der Waals surface area contributed by atoms with Crippen LogP contribution >= 0.6 is 11.6 Å². The molecule has 0 saturated heterocycles. The van der Waals surface area contributed by atoms with Gasteiger partial charge in [0.1, 0.15) is 12.3 Å². The highest BCUT2D eigenvalue weighted by Gasteiger charge is 2.12. The van der Waals surface area contributed by atoms with Gasteiger partial charge in [0, 0.05) is 61.3 Å². The fourth-order valence-electron chi connectivity index (χ4n) is 3.19. The van der Waals surface area contributed by atoms with Crippen LogP contribution in [-0.2, 0) is 11.3 Å². The van der Waals surface area contributed by atoms with Crippen LogP contribution in [0.5, 0.6) is 5.88 Å². The number of nitrogens with one attached hydrogen (secondary N) is 1. The van der Waals surface area contributed by atoms with Crippen LogP contribution < -0.4 is 10.1 Å². The second-order valence-corrected chi connectivity index (χ2v) is 7.41. The van der Waals surface area contributed by atoms with Gasteiger partial charge in [-0.25, -0.2) is 4.98 Å². The van der Waals surface area contributed by atoms with E-state index >= 15 is 0 Å². The maximum absolute atomic E-state index is 11.7. The van der Waals surface area contributed by atoms with Gasteiger partial charge in [0.2, 0.25) is 5.88 Å². The number of nitrogens with zero attached hydrogens (tertiary/aromatic N) is 2. The number of ether oxygens (including phenoxy) is 2. The summed E-state index contributed by atoms with van der Waals surface area (Å²) >= 11 is 6.39. The van der Waals surface area contributed by atoms with Crippen LogP contribution in [0.1, 0.15) is 41.1 Å². The van der Waals surface area contributed by atoms with E-state index in [-0.39, 0.29) is 18.6 Å². The molecule has 0 unspecified atom stereocenters. The minimum Gasteiger partial charge on any atom is -0.473 e. The lowest BCUT2D eigenvalue weighted by Gasteiger charge is -2.16. The van der Waals surface area contributed by atoms with Crippen molar-refractivity contribution < 1.29 is 19.4 Å². The van der Waals surface area contributed by atoms with Crippen molar-refractivity contribution in [3.05, 3.63) is 76.7 Å². The van der Waals surface area contributed by atoms with Crippen LogP contribution in [0.4, 0.5) is 0 Å². The van der Waals surface area contributed by atoms with E-state index in [0.717, 1.165) is 22.3 Å². The van der Waals surface area contributed by atoms with Gasteiger partial charge in [0.25, 0.3) is 5.91 Å². The largest absolute Gasteiger partial charge is 0.473 e. The van der Waals surface area contributed by atoms with Crippen molar-refractivity contribution in [2.45, 2.75) is 26.1 Å². The highest BCUT2D eigenvalue weighted by Crippen LogP contribution is 2.29. The molecule has 0 aliphatic carbocycles. The number of rotatable bonds is 10. The van der Waals surface area contributed by atoms with Crippen LogP contribution in [0.3, 0.4) is 0 Å². The maximum atomic E-state index is 11.7. The number of amides is 1. The molecule has 32 heavy (non-hydrogen) atoms. The number of benzene rings is 1. The zero-order valence-electron chi connectivity index (χ0n) is 18.0. The molecular formula is C24H26ClN3O4. The van der Waals surface area contributed by atoms with Crippen LogP contribution in [0.25, 0.3) is 11.1 Å². The molecular weight excluding hydrogens is 430 g/mol. The molecule has 7 nitrogen and oxygen atoms in total. The summed E-state index contributed by atoms with van der Waals surface area (Å²) in [6.45, 7) is 2.84. The predicted molar refractivity (Wildman–Crippen MR) is 123 cm³/mol. The minimum atomic E-state index is -0.243. The van der Waals surface area contributed by atoms with Gasteiger partial charge >= 0.3 is 0 Å². The second kappa shape index (κ2) is 11.6. The smallest absolute Gasteiger partial charge is 0.269 e. The van der Waals surface area contributed by atoms with E-state index in [9.17, 15) is 9.90 Å². The monoisotopic (exact) mass is 455 g/mol. The number of pyridine rings is 2. The number of aromatic nitrogens is 2. The maximum Gasteiger partial charge on any atom is 0.269 e. The Kier molecular flexibility index (Phi) is 8.56. The van der Waals surface area contributed by atoms with Gasteiger partial charge in [-0.05, 0) is 42.3 Å². The van der Waals surface area contributed by atoms with Crippen LogP contribution in [0.15, 0.2) is 54.9 Å². The number of aliphatic hydroxyl groups excluding tert-OH is 1. The van der Waals surface area contributed by atoms with Gasteiger partial charge in [-0.3, -0.25) is 9.78 Å². The molecule has 1 atom stereocenters. The first-order valence-corrected chi connectivity index (χ1v) is 10.7. The van der Waals surface area contributed by atoms with Crippen molar-refractivity contribution in [2.24, 2.45) is 0 Å². The number of hydrogen-bond donors (Lipinski definition) is 2. The lowest BCUT2D eigenvalue weighted by molar-refractivity contribution is 0.0429. The summed E-state index contributed by atoms with van der Waals surface area (Å²) in [7, 11) is 1.56. The van der Waals surface area contributed by atoms with Gasteiger partial charge in [-0.15, -0.1) is 0 Å². The zero-order valence-corrected chi connectivity index (χ0v) is 18.8.